The number of amides is 2. The van der Waals surface area contributed by atoms with Crippen molar-refractivity contribution in [3.8, 4) is 0 Å². The van der Waals surface area contributed by atoms with Gasteiger partial charge in [-0.2, -0.15) is 0 Å². The SMILES string of the molecule is CCCCNC(=O)C1CCN(C(=O)CC(CC)CN)CC1. The van der Waals surface area contributed by atoms with Crippen LogP contribution in [-0.4, -0.2) is 42.9 Å². The van der Waals surface area contributed by atoms with Crippen LogP contribution >= 0.6 is 0 Å². The Morgan fingerprint density at radius 2 is 1.95 bits per heavy atom. The standard InChI is InChI=1S/C16H31N3O2/c1-3-5-8-18-16(21)14-6-9-19(10-7-14)15(20)11-13(4-2)12-17/h13-14H,3-12,17H2,1-2H3,(H,18,21). The van der Waals surface area contributed by atoms with Crippen molar-refractivity contribution in [2.45, 2.75) is 52.4 Å². The maximum Gasteiger partial charge on any atom is 0.223 e. The molecule has 1 rings (SSSR count). The maximum atomic E-state index is 12.2. The van der Waals surface area contributed by atoms with Crippen LogP contribution in [0.3, 0.4) is 0 Å². The molecule has 0 spiro atoms. The fourth-order valence-corrected chi connectivity index (χ4v) is 2.69. The monoisotopic (exact) mass is 297 g/mol. The fraction of sp³-hybridized carbons (Fsp3) is 0.875. The molecule has 5 heteroatoms. The Labute approximate surface area is 128 Å². The molecular formula is C16H31N3O2. The van der Waals surface area contributed by atoms with E-state index in [9.17, 15) is 9.59 Å². The number of nitrogens with two attached hydrogens (primary N) is 1. The molecule has 1 atom stereocenters. The van der Waals surface area contributed by atoms with E-state index < -0.39 is 0 Å². The summed E-state index contributed by atoms with van der Waals surface area (Å²) in [6.07, 6.45) is 5.17. The minimum absolute atomic E-state index is 0.0717. The molecule has 1 unspecified atom stereocenters. The smallest absolute Gasteiger partial charge is 0.223 e. The molecule has 2 amide bonds. The van der Waals surface area contributed by atoms with Gasteiger partial charge in [0, 0.05) is 32.0 Å². The largest absolute Gasteiger partial charge is 0.356 e. The van der Waals surface area contributed by atoms with Crippen LogP contribution in [0.1, 0.15) is 52.4 Å². The highest BCUT2D eigenvalue weighted by Crippen LogP contribution is 2.19. The van der Waals surface area contributed by atoms with Gasteiger partial charge in [-0.3, -0.25) is 9.59 Å². The number of piperidine rings is 1. The molecule has 1 heterocycles. The molecule has 5 nitrogen and oxygen atoms in total. The zero-order valence-corrected chi connectivity index (χ0v) is 13.6. The summed E-state index contributed by atoms with van der Waals surface area (Å²) in [5, 5.41) is 2.99. The van der Waals surface area contributed by atoms with Crippen LogP contribution < -0.4 is 11.1 Å². The van der Waals surface area contributed by atoms with Crippen molar-refractivity contribution in [1.29, 1.82) is 0 Å². The molecule has 0 aromatic heterocycles. The first-order chi connectivity index (χ1) is 10.1. The predicted molar refractivity (Wildman–Crippen MR) is 84.7 cm³/mol. The zero-order chi connectivity index (χ0) is 15.7. The number of likely N-dealkylation sites (tertiary alicyclic amines) is 1. The van der Waals surface area contributed by atoms with Crippen molar-refractivity contribution in [1.82, 2.24) is 10.2 Å². The molecular weight excluding hydrogens is 266 g/mol. The molecule has 1 saturated heterocycles. The number of nitrogens with zero attached hydrogens (tertiary/aromatic N) is 1. The van der Waals surface area contributed by atoms with Gasteiger partial charge in [0.15, 0.2) is 0 Å². The normalized spacial score (nSPS) is 17.6. The first kappa shape index (κ1) is 18.0. The maximum absolute atomic E-state index is 12.2. The number of carbonyl (C=O) groups excluding carboxylic acids is 2. The molecule has 0 aliphatic carbocycles. The van der Waals surface area contributed by atoms with Gasteiger partial charge in [-0.05, 0) is 31.7 Å². The number of hydrogen-bond donors (Lipinski definition) is 2. The summed E-state index contributed by atoms with van der Waals surface area (Å²) >= 11 is 0. The third-order valence-electron chi connectivity index (χ3n) is 4.42. The molecule has 0 radical (unpaired) electrons. The Bertz CT molecular complexity index is 321. The predicted octanol–water partition coefficient (Wildman–Crippen LogP) is 1.52. The van der Waals surface area contributed by atoms with Crippen LogP contribution in [0.2, 0.25) is 0 Å². The first-order valence-electron chi connectivity index (χ1n) is 8.37. The lowest BCUT2D eigenvalue weighted by molar-refractivity contribution is -0.136. The Morgan fingerprint density at radius 3 is 2.48 bits per heavy atom. The van der Waals surface area contributed by atoms with E-state index in [0.29, 0.717) is 26.1 Å². The van der Waals surface area contributed by atoms with E-state index in [4.69, 9.17) is 5.73 Å². The van der Waals surface area contributed by atoms with Gasteiger partial charge in [0.05, 0.1) is 0 Å². The van der Waals surface area contributed by atoms with Crippen LogP contribution in [0.5, 0.6) is 0 Å². The average molecular weight is 297 g/mol. The molecule has 0 aromatic rings. The molecule has 1 fully saturated rings. The minimum Gasteiger partial charge on any atom is -0.356 e. The summed E-state index contributed by atoms with van der Waals surface area (Å²) in [7, 11) is 0. The molecule has 0 aromatic carbocycles. The Hall–Kier alpha value is -1.10. The Balaban J connectivity index is 2.31. The number of carbonyl (C=O) groups is 2. The molecule has 1 aliphatic heterocycles. The lowest BCUT2D eigenvalue weighted by Gasteiger charge is -2.32. The van der Waals surface area contributed by atoms with Crippen molar-refractivity contribution in [3.05, 3.63) is 0 Å². The molecule has 1 aliphatic rings. The van der Waals surface area contributed by atoms with E-state index in [2.05, 4.69) is 19.2 Å². The van der Waals surface area contributed by atoms with E-state index in [1.807, 2.05) is 4.90 Å². The van der Waals surface area contributed by atoms with Gasteiger partial charge in [0.25, 0.3) is 0 Å². The summed E-state index contributed by atoms with van der Waals surface area (Å²) in [6, 6.07) is 0. The lowest BCUT2D eigenvalue weighted by atomic mass is 9.94. The number of hydrogen-bond acceptors (Lipinski definition) is 3. The highest BCUT2D eigenvalue weighted by molar-refractivity contribution is 5.80. The molecule has 122 valence electrons. The zero-order valence-electron chi connectivity index (χ0n) is 13.6. The first-order valence-corrected chi connectivity index (χ1v) is 8.37. The highest BCUT2D eigenvalue weighted by Gasteiger charge is 2.27. The van der Waals surface area contributed by atoms with Gasteiger partial charge in [-0.15, -0.1) is 0 Å². The average Bonchev–Trinajstić information content (AvgIpc) is 2.52. The quantitative estimate of drug-likeness (QED) is 0.667. The van der Waals surface area contributed by atoms with Crippen molar-refractivity contribution in [2.75, 3.05) is 26.2 Å². The van der Waals surface area contributed by atoms with Gasteiger partial charge < -0.3 is 16.0 Å². The minimum atomic E-state index is 0.0717. The topological polar surface area (TPSA) is 75.4 Å². The van der Waals surface area contributed by atoms with E-state index >= 15 is 0 Å². The van der Waals surface area contributed by atoms with Crippen molar-refractivity contribution in [3.63, 3.8) is 0 Å². The van der Waals surface area contributed by atoms with Gasteiger partial charge in [0.1, 0.15) is 0 Å². The van der Waals surface area contributed by atoms with Crippen LogP contribution in [0, 0.1) is 11.8 Å². The second-order valence-corrected chi connectivity index (χ2v) is 6.01. The summed E-state index contributed by atoms with van der Waals surface area (Å²) in [4.78, 5) is 26.1. The Kier molecular flexibility index (Phi) is 8.35. The second kappa shape index (κ2) is 9.77. The van der Waals surface area contributed by atoms with Crippen LogP contribution in [-0.2, 0) is 9.59 Å². The van der Waals surface area contributed by atoms with E-state index in [1.54, 1.807) is 0 Å². The van der Waals surface area contributed by atoms with E-state index in [0.717, 1.165) is 38.6 Å². The molecule has 21 heavy (non-hydrogen) atoms. The summed E-state index contributed by atoms with van der Waals surface area (Å²) < 4.78 is 0. The van der Waals surface area contributed by atoms with Gasteiger partial charge >= 0.3 is 0 Å². The third-order valence-corrected chi connectivity index (χ3v) is 4.42. The molecule has 0 saturated carbocycles. The number of rotatable bonds is 8. The van der Waals surface area contributed by atoms with Crippen molar-refractivity contribution < 1.29 is 9.59 Å². The number of nitrogens with one attached hydrogen (secondary N) is 1. The Morgan fingerprint density at radius 1 is 1.29 bits per heavy atom. The van der Waals surface area contributed by atoms with Gasteiger partial charge in [-0.25, -0.2) is 0 Å². The van der Waals surface area contributed by atoms with Crippen molar-refractivity contribution >= 4 is 11.8 Å². The molecule has 0 bridgehead atoms. The van der Waals surface area contributed by atoms with Crippen LogP contribution in [0.15, 0.2) is 0 Å². The summed E-state index contributed by atoms with van der Waals surface area (Å²) in [6.45, 7) is 6.91. The van der Waals surface area contributed by atoms with Crippen molar-refractivity contribution in [2.24, 2.45) is 17.6 Å². The number of unbranched alkanes of at least 4 members (excludes halogenated alkanes) is 1. The van der Waals surface area contributed by atoms with Gasteiger partial charge in [0.2, 0.25) is 11.8 Å². The fourth-order valence-electron chi connectivity index (χ4n) is 2.69. The van der Waals surface area contributed by atoms with Crippen LogP contribution in [0.4, 0.5) is 0 Å². The van der Waals surface area contributed by atoms with E-state index in [-0.39, 0.29) is 23.7 Å². The van der Waals surface area contributed by atoms with Gasteiger partial charge in [-0.1, -0.05) is 26.7 Å². The second-order valence-electron chi connectivity index (χ2n) is 6.01. The lowest BCUT2D eigenvalue weighted by Crippen LogP contribution is -2.43. The van der Waals surface area contributed by atoms with Crippen LogP contribution in [0.25, 0.3) is 0 Å². The molecule has 3 N–H and O–H groups in total. The summed E-state index contributed by atoms with van der Waals surface area (Å²) in [5.74, 6) is 0.705. The highest BCUT2D eigenvalue weighted by atomic mass is 16.2. The summed E-state index contributed by atoms with van der Waals surface area (Å²) in [5.41, 5.74) is 5.66. The van der Waals surface area contributed by atoms with E-state index in [1.165, 1.54) is 0 Å². The third kappa shape index (κ3) is 6.04.